The van der Waals surface area contributed by atoms with Crippen LogP contribution in [0.5, 0.6) is 5.75 Å². The molecular formula is C23H23N5O4. The normalized spacial score (nSPS) is 16.3. The fourth-order valence-corrected chi connectivity index (χ4v) is 4.05. The minimum absolute atomic E-state index is 0.0757. The molecule has 0 radical (unpaired) electrons. The molecule has 0 spiro atoms. The van der Waals surface area contributed by atoms with Gasteiger partial charge in [0.2, 0.25) is 0 Å². The van der Waals surface area contributed by atoms with E-state index in [0.29, 0.717) is 48.7 Å². The number of nitrogens with zero attached hydrogens (tertiary/aromatic N) is 5. The average Bonchev–Trinajstić information content (AvgIpc) is 3.68. The number of carbonyl (C=O) groups is 2. The van der Waals surface area contributed by atoms with Gasteiger partial charge in [0, 0.05) is 44.0 Å². The van der Waals surface area contributed by atoms with E-state index < -0.39 is 11.5 Å². The highest BCUT2D eigenvalue weighted by atomic mass is 16.5. The lowest BCUT2D eigenvalue weighted by molar-refractivity contribution is 0.0531. The molecule has 0 unspecified atom stereocenters. The Morgan fingerprint density at radius 2 is 1.72 bits per heavy atom. The van der Waals surface area contributed by atoms with E-state index in [-0.39, 0.29) is 17.6 Å². The first-order valence-corrected chi connectivity index (χ1v) is 10.7. The Morgan fingerprint density at radius 3 is 2.41 bits per heavy atom. The van der Waals surface area contributed by atoms with Crippen LogP contribution in [0.3, 0.4) is 0 Å². The molecular weight excluding hydrogens is 410 g/mol. The predicted octanol–water partition coefficient (Wildman–Crippen LogP) is 1.73. The molecule has 1 saturated carbocycles. The molecule has 1 aliphatic carbocycles. The molecule has 1 aliphatic heterocycles. The maximum Gasteiger partial charge on any atom is 0.284 e. The van der Waals surface area contributed by atoms with Crippen molar-refractivity contribution < 1.29 is 14.3 Å². The van der Waals surface area contributed by atoms with Gasteiger partial charge < -0.3 is 14.5 Å². The highest BCUT2D eigenvalue weighted by molar-refractivity contribution is 5.96. The molecule has 2 fully saturated rings. The number of methoxy groups -OCH3 is 1. The van der Waals surface area contributed by atoms with Crippen molar-refractivity contribution in [3.8, 4) is 5.75 Å². The van der Waals surface area contributed by atoms with Crippen molar-refractivity contribution in [1.29, 1.82) is 0 Å². The molecule has 2 amide bonds. The maximum atomic E-state index is 13.2. The van der Waals surface area contributed by atoms with Crippen LogP contribution >= 0.6 is 0 Å². The average molecular weight is 433 g/mol. The summed E-state index contributed by atoms with van der Waals surface area (Å²) >= 11 is 0. The molecule has 9 nitrogen and oxygen atoms in total. The minimum atomic E-state index is -0.399. The molecule has 3 heterocycles. The van der Waals surface area contributed by atoms with E-state index >= 15 is 0 Å². The van der Waals surface area contributed by atoms with E-state index in [9.17, 15) is 14.4 Å². The fraction of sp³-hybridized carbons (Fsp3) is 0.348. The zero-order valence-corrected chi connectivity index (χ0v) is 17.7. The molecule has 9 heteroatoms. The van der Waals surface area contributed by atoms with Crippen molar-refractivity contribution >= 4 is 23.0 Å². The number of pyridine rings is 1. The van der Waals surface area contributed by atoms with Gasteiger partial charge in [0.15, 0.2) is 11.3 Å². The minimum Gasteiger partial charge on any atom is -0.497 e. The first-order chi connectivity index (χ1) is 15.6. The van der Waals surface area contributed by atoms with Crippen LogP contribution in [-0.4, -0.2) is 69.4 Å². The largest absolute Gasteiger partial charge is 0.497 e. The van der Waals surface area contributed by atoms with Gasteiger partial charge in [-0.15, -0.1) is 0 Å². The van der Waals surface area contributed by atoms with E-state index in [1.807, 2.05) is 0 Å². The Bertz CT molecular complexity index is 1260. The van der Waals surface area contributed by atoms with Gasteiger partial charge in [-0.25, -0.2) is 9.97 Å². The quantitative estimate of drug-likeness (QED) is 0.622. The van der Waals surface area contributed by atoms with Crippen molar-refractivity contribution in [1.82, 2.24) is 24.3 Å². The summed E-state index contributed by atoms with van der Waals surface area (Å²) < 4.78 is 6.81. The van der Waals surface area contributed by atoms with Crippen molar-refractivity contribution in [3.63, 3.8) is 0 Å². The number of benzene rings is 1. The lowest BCUT2D eigenvalue weighted by Crippen LogP contribution is -2.51. The Labute approximate surface area is 184 Å². The van der Waals surface area contributed by atoms with Gasteiger partial charge >= 0.3 is 0 Å². The third-order valence-corrected chi connectivity index (χ3v) is 5.93. The molecule has 2 aliphatic rings. The van der Waals surface area contributed by atoms with Crippen LogP contribution in [0.2, 0.25) is 0 Å². The monoisotopic (exact) mass is 433 g/mol. The zero-order chi connectivity index (χ0) is 22.2. The standard InChI is InChI=1S/C23H23N5O4/c1-32-17-5-2-4-15(14-17)21(29)26-10-12-27(13-11-26)22(30)19-23(31)28(16-7-8-16)20-18(25-19)6-3-9-24-20/h2-6,9,14,16H,7-8,10-13H2,1H3. The van der Waals surface area contributed by atoms with Gasteiger partial charge in [-0.1, -0.05) is 6.07 Å². The van der Waals surface area contributed by atoms with Crippen LogP contribution in [0.25, 0.3) is 11.2 Å². The van der Waals surface area contributed by atoms with Crippen LogP contribution in [-0.2, 0) is 0 Å². The number of rotatable bonds is 4. The predicted molar refractivity (Wildman–Crippen MR) is 117 cm³/mol. The number of hydrogen-bond donors (Lipinski definition) is 0. The molecule has 3 aromatic rings. The number of hydrogen-bond acceptors (Lipinski definition) is 6. The highest BCUT2D eigenvalue weighted by Gasteiger charge is 2.32. The van der Waals surface area contributed by atoms with Crippen LogP contribution in [0.1, 0.15) is 39.7 Å². The molecule has 0 bridgehead atoms. The van der Waals surface area contributed by atoms with E-state index in [4.69, 9.17) is 4.74 Å². The Balaban J connectivity index is 1.35. The first kappa shape index (κ1) is 20.2. The summed E-state index contributed by atoms with van der Waals surface area (Å²) in [4.78, 5) is 51.1. The molecule has 1 aromatic carbocycles. The number of piperazine rings is 1. The van der Waals surface area contributed by atoms with E-state index in [0.717, 1.165) is 12.8 Å². The van der Waals surface area contributed by atoms with Gasteiger partial charge in [0.25, 0.3) is 17.4 Å². The first-order valence-electron chi connectivity index (χ1n) is 10.7. The van der Waals surface area contributed by atoms with Crippen LogP contribution in [0.15, 0.2) is 47.4 Å². The summed E-state index contributed by atoms with van der Waals surface area (Å²) in [5.74, 6) is 0.110. The van der Waals surface area contributed by atoms with Crippen molar-refractivity contribution in [2.75, 3.05) is 33.3 Å². The number of aromatic nitrogens is 3. The van der Waals surface area contributed by atoms with E-state index in [2.05, 4.69) is 9.97 Å². The van der Waals surface area contributed by atoms with E-state index in [1.165, 1.54) is 0 Å². The summed E-state index contributed by atoms with van der Waals surface area (Å²) in [5.41, 5.74) is 1.13. The number of fused-ring (bicyclic) bond motifs is 1. The van der Waals surface area contributed by atoms with Gasteiger partial charge in [0.1, 0.15) is 11.3 Å². The van der Waals surface area contributed by atoms with Crippen LogP contribution in [0, 0.1) is 0 Å². The molecule has 5 rings (SSSR count). The molecule has 32 heavy (non-hydrogen) atoms. The van der Waals surface area contributed by atoms with Crippen molar-refractivity contribution in [2.24, 2.45) is 0 Å². The number of amides is 2. The fourth-order valence-electron chi connectivity index (χ4n) is 4.05. The summed E-state index contributed by atoms with van der Waals surface area (Å²) in [6.07, 6.45) is 3.42. The van der Waals surface area contributed by atoms with Gasteiger partial charge in [0.05, 0.1) is 7.11 Å². The molecule has 0 atom stereocenters. The summed E-state index contributed by atoms with van der Waals surface area (Å²) in [7, 11) is 1.56. The SMILES string of the molecule is COc1cccc(C(=O)N2CCN(C(=O)c3nc4cccnc4n(C4CC4)c3=O)CC2)c1. The molecule has 1 saturated heterocycles. The van der Waals surface area contributed by atoms with Gasteiger partial charge in [-0.2, -0.15) is 0 Å². The van der Waals surface area contributed by atoms with Crippen LogP contribution < -0.4 is 10.3 Å². The van der Waals surface area contributed by atoms with Crippen LogP contribution in [0.4, 0.5) is 0 Å². The topological polar surface area (TPSA) is 97.6 Å². The third-order valence-electron chi connectivity index (χ3n) is 5.93. The Kier molecular flexibility index (Phi) is 5.08. The third kappa shape index (κ3) is 3.59. The molecule has 0 N–H and O–H groups in total. The second kappa shape index (κ2) is 8.07. The maximum absolute atomic E-state index is 13.2. The lowest BCUT2D eigenvalue weighted by Gasteiger charge is -2.34. The smallest absolute Gasteiger partial charge is 0.284 e. The highest BCUT2D eigenvalue weighted by Crippen LogP contribution is 2.35. The van der Waals surface area contributed by atoms with Gasteiger partial charge in [-0.3, -0.25) is 19.0 Å². The number of carbonyl (C=O) groups excluding carboxylic acids is 2. The second-order valence-corrected chi connectivity index (χ2v) is 8.03. The number of ether oxygens (including phenoxy) is 1. The van der Waals surface area contributed by atoms with Crippen molar-refractivity contribution in [3.05, 3.63) is 64.2 Å². The summed E-state index contributed by atoms with van der Waals surface area (Å²) in [6, 6.07) is 10.6. The van der Waals surface area contributed by atoms with Crippen molar-refractivity contribution in [2.45, 2.75) is 18.9 Å². The van der Waals surface area contributed by atoms with E-state index in [1.54, 1.807) is 64.1 Å². The molecule has 2 aromatic heterocycles. The second-order valence-electron chi connectivity index (χ2n) is 8.03. The Hall–Kier alpha value is -3.75. The molecule has 164 valence electrons. The van der Waals surface area contributed by atoms with Gasteiger partial charge in [-0.05, 0) is 43.2 Å². The zero-order valence-electron chi connectivity index (χ0n) is 17.7. The summed E-state index contributed by atoms with van der Waals surface area (Å²) in [6.45, 7) is 1.44. The lowest BCUT2D eigenvalue weighted by atomic mass is 10.1. The summed E-state index contributed by atoms with van der Waals surface area (Å²) in [5, 5.41) is 0. The Morgan fingerprint density at radius 1 is 1.00 bits per heavy atom.